The number of benzene rings is 2. The second-order valence-corrected chi connectivity index (χ2v) is 8.83. The number of rotatable bonds is 7. The summed E-state index contributed by atoms with van der Waals surface area (Å²) in [6.07, 6.45) is 0. The van der Waals surface area contributed by atoms with Gasteiger partial charge in [0.15, 0.2) is 0 Å². The molecule has 0 aliphatic heterocycles. The van der Waals surface area contributed by atoms with Crippen molar-refractivity contribution in [1.82, 2.24) is 9.62 Å². The number of halogens is 2. The predicted molar refractivity (Wildman–Crippen MR) is 103 cm³/mol. The zero-order valence-corrected chi connectivity index (χ0v) is 17.5. The molecular formula is C18H20BrFN2O4S. The first kappa shape index (κ1) is 21.3. The minimum Gasteiger partial charge on any atom is -0.495 e. The van der Waals surface area contributed by atoms with Crippen molar-refractivity contribution in [1.29, 1.82) is 0 Å². The number of hydrogen-bond donors (Lipinski definition) is 1. The van der Waals surface area contributed by atoms with Crippen molar-refractivity contribution in [3.63, 3.8) is 0 Å². The number of methoxy groups -OCH3 is 1. The lowest BCUT2D eigenvalue weighted by Crippen LogP contribution is -2.39. The molecule has 0 saturated carbocycles. The Morgan fingerprint density at radius 3 is 2.63 bits per heavy atom. The molecule has 1 N–H and O–H groups in total. The van der Waals surface area contributed by atoms with Crippen molar-refractivity contribution in [2.24, 2.45) is 0 Å². The van der Waals surface area contributed by atoms with E-state index in [1.807, 2.05) is 24.3 Å². The van der Waals surface area contributed by atoms with Gasteiger partial charge in [-0.3, -0.25) is 4.79 Å². The van der Waals surface area contributed by atoms with E-state index in [-0.39, 0.29) is 16.7 Å². The van der Waals surface area contributed by atoms with Crippen molar-refractivity contribution >= 4 is 31.9 Å². The number of nitrogens with zero attached hydrogens (tertiary/aromatic N) is 1. The zero-order valence-electron chi connectivity index (χ0n) is 15.1. The molecule has 0 aliphatic carbocycles. The zero-order chi connectivity index (χ0) is 20.2. The van der Waals surface area contributed by atoms with Gasteiger partial charge in [-0.05, 0) is 42.8 Å². The molecular weight excluding hydrogens is 439 g/mol. The minimum atomic E-state index is -4.11. The van der Waals surface area contributed by atoms with Crippen LogP contribution in [0.4, 0.5) is 4.39 Å². The molecule has 6 nitrogen and oxygen atoms in total. The maximum atomic E-state index is 13.5. The Bertz CT molecular complexity index is 937. The Labute approximate surface area is 166 Å². The Balaban J connectivity index is 2.12. The first-order valence-corrected chi connectivity index (χ1v) is 10.2. The molecule has 1 atom stereocenters. The highest BCUT2D eigenvalue weighted by Crippen LogP contribution is 2.27. The molecule has 0 spiro atoms. The largest absolute Gasteiger partial charge is 0.495 e. The Hall–Kier alpha value is -1.97. The molecule has 0 bridgehead atoms. The van der Waals surface area contributed by atoms with Gasteiger partial charge in [-0.25, -0.2) is 12.8 Å². The van der Waals surface area contributed by atoms with Crippen LogP contribution in [0.5, 0.6) is 5.75 Å². The molecule has 0 aromatic heterocycles. The van der Waals surface area contributed by atoms with Crippen LogP contribution < -0.4 is 10.1 Å². The number of hydrogen-bond acceptors (Lipinski definition) is 4. The summed E-state index contributed by atoms with van der Waals surface area (Å²) < 4.78 is 45.6. The second-order valence-electron chi connectivity index (χ2n) is 5.90. The van der Waals surface area contributed by atoms with Crippen LogP contribution in [0.15, 0.2) is 51.8 Å². The van der Waals surface area contributed by atoms with E-state index in [9.17, 15) is 17.6 Å². The molecule has 146 valence electrons. The summed E-state index contributed by atoms with van der Waals surface area (Å²) in [7, 11) is -1.56. The second kappa shape index (κ2) is 8.81. The van der Waals surface area contributed by atoms with Crippen molar-refractivity contribution < 1.29 is 22.3 Å². The van der Waals surface area contributed by atoms with Crippen LogP contribution in [0, 0.1) is 5.82 Å². The molecule has 0 fully saturated rings. The van der Waals surface area contributed by atoms with E-state index in [2.05, 4.69) is 21.2 Å². The van der Waals surface area contributed by atoms with Gasteiger partial charge < -0.3 is 10.1 Å². The van der Waals surface area contributed by atoms with Gasteiger partial charge in [0.25, 0.3) is 0 Å². The van der Waals surface area contributed by atoms with E-state index in [0.29, 0.717) is 0 Å². The summed E-state index contributed by atoms with van der Waals surface area (Å²) in [6, 6.07) is 10.3. The molecule has 9 heteroatoms. The van der Waals surface area contributed by atoms with Crippen molar-refractivity contribution in [3.05, 3.63) is 58.3 Å². The summed E-state index contributed by atoms with van der Waals surface area (Å²) in [4.78, 5) is 12.0. The lowest BCUT2D eigenvalue weighted by Gasteiger charge is -2.20. The lowest BCUT2D eigenvalue weighted by molar-refractivity contribution is -0.121. The Morgan fingerprint density at radius 2 is 2.00 bits per heavy atom. The van der Waals surface area contributed by atoms with Crippen LogP contribution in [0.3, 0.4) is 0 Å². The Morgan fingerprint density at radius 1 is 1.30 bits per heavy atom. The van der Waals surface area contributed by atoms with Crippen molar-refractivity contribution in [2.75, 3.05) is 20.7 Å². The van der Waals surface area contributed by atoms with Gasteiger partial charge in [0.05, 0.1) is 19.7 Å². The summed E-state index contributed by atoms with van der Waals surface area (Å²) >= 11 is 3.37. The number of likely N-dealkylation sites (N-methyl/N-ethyl adjacent to an activating group) is 1. The SMILES string of the molecule is COc1ccc(F)cc1S(=O)(=O)N(C)CC(=O)N[C@H](C)c1cccc(Br)c1. The van der Waals surface area contributed by atoms with Crippen LogP contribution in [-0.4, -0.2) is 39.3 Å². The van der Waals surface area contributed by atoms with Gasteiger partial charge in [0.1, 0.15) is 16.5 Å². The maximum Gasteiger partial charge on any atom is 0.247 e. The van der Waals surface area contributed by atoms with E-state index < -0.39 is 28.3 Å². The number of carbonyl (C=O) groups excluding carboxylic acids is 1. The fraction of sp³-hybridized carbons (Fsp3) is 0.278. The molecule has 27 heavy (non-hydrogen) atoms. The summed E-state index contributed by atoms with van der Waals surface area (Å²) in [6.45, 7) is 1.38. The number of sulfonamides is 1. The fourth-order valence-corrected chi connectivity index (χ4v) is 4.16. The van der Waals surface area contributed by atoms with Crippen molar-refractivity contribution in [3.8, 4) is 5.75 Å². The molecule has 2 rings (SSSR count). The fourth-order valence-electron chi connectivity index (χ4n) is 2.45. The first-order valence-electron chi connectivity index (χ1n) is 8.00. The molecule has 2 aromatic carbocycles. The standard InChI is InChI=1S/C18H20BrFN2O4S/c1-12(13-5-4-6-14(19)9-13)21-18(23)11-22(2)27(24,25)17-10-15(20)7-8-16(17)26-3/h4-10,12H,11H2,1-3H3,(H,21,23)/t12-/m1/s1. The average Bonchev–Trinajstić information content (AvgIpc) is 2.61. The van der Waals surface area contributed by atoms with Gasteiger partial charge in [-0.1, -0.05) is 28.1 Å². The number of carbonyl (C=O) groups is 1. The first-order chi connectivity index (χ1) is 12.6. The van der Waals surface area contributed by atoms with E-state index in [4.69, 9.17) is 4.74 Å². The maximum absolute atomic E-state index is 13.5. The van der Waals surface area contributed by atoms with Gasteiger partial charge in [0.2, 0.25) is 15.9 Å². The number of nitrogens with one attached hydrogen (secondary N) is 1. The molecule has 2 aromatic rings. The van der Waals surface area contributed by atoms with E-state index >= 15 is 0 Å². The van der Waals surface area contributed by atoms with Crippen LogP contribution in [0.25, 0.3) is 0 Å². The molecule has 0 unspecified atom stereocenters. The van der Waals surface area contributed by atoms with Gasteiger partial charge in [0, 0.05) is 11.5 Å². The van der Waals surface area contributed by atoms with Crippen LogP contribution in [0.1, 0.15) is 18.5 Å². The average molecular weight is 459 g/mol. The number of amides is 1. The molecule has 0 saturated heterocycles. The number of ether oxygens (including phenoxy) is 1. The third kappa shape index (κ3) is 5.27. The van der Waals surface area contributed by atoms with E-state index in [1.54, 1.807) is 6.92 Å². The highest BCUT2D eigenvalue weighted by molar-refractivity contribution is 9.10. The quantitative estimate of drug-likeness (QED) is 0.691. The Kier molecular flexibility index (Phi) is 6.96. The van der Waals surface area contributed by atoms with E-state index in [1.165, 1.54) is 20.2 Å². The molecule has 1 amide bonds. The molecule has 0 aliphatic rings. The minimum absolute atomic E-state index is 0.00571. The lowest BCUT2D eigenvalue weighted by atomic mass is 10.1. The third-order valence-electron chi connectivity index (χ3n) is 3.91. The predicted octanol–water partition coefficient (Wildman–Crippen LogP) is 3.09. The van der Waals surface area contributed by atoms with Gasteiger partial charge in [-0.2, -0.15) is 4.31 Å². The topological polar surface area (TPSA) is 75.7 Å². The highest BCUT2D eigenvalue weighted by Gasteiger charge is 2.27. The molecule has 0 radical (unpaired) electrons. The van der Waals surface area contributed by atoms with Crippen molar-refractivity contribution in [2.45, 2.75) is 17.9 Å². The van der Waals surface area contributed by atoms with E-state index in [0.717, 1.165) is 26.5 Å². The van der Waals surface area contributed by atoms with Crippen LogP contribution >= 0.6 is 15.9 Å². The summed E-state index contributed by atoms with van der Waals surface area (Å²) in [5, 5.41) is 2.75. The van der Waals surface area contributed by atoms with Crippen LogP contribution in [-0.2, 0) is 14.8 Å². The normalized spacial score (nSPS) is 12.7. The molecule has 0 heterocycles. The van der Waals surface area contributed by atoms with Gasteiger partial charge >= 0.3 is 0 Å². The monoisotopic (exact) mass is 458 g/mol. The van der Waals surface area contributed by atoms with Crippen LogP contribution in [0.2, 0.25) is 0 Å². The van der Waals surface area contributed by atoms with Gasteiger partial charge in [-0.15, -0.1) is 0 Å². The third-order valence-corrected chi connectivity index (χ3v) is 6.22. The summed E-state index contributed by atoms with van der Waals surface area (Å²) in [5.74, 6) is -1.19. The highest BCUT2D eigenvalue weighted by atomic mass is 79.9. The smallest absolute Gasteiger partial charge is 0.247 e. The summed E-state index contributed by atoms with van der Waals surface area (Å²) in [5.41, 5.74) is 0.870.